The average molecular weight is 211 g/mol. The Morgan fingerprint density at radius 3 is 2.23 bits per heavy atom. The lowest BCUT2D eigenvalue weighted by Gasteiger charge is -1.81. The Hall–Kier alpha value is -1.16. The largest absolute Gasteiger partial charge is 0.391 e. The van der Waals surface area contributed by atoms with E-state index in [1.807, 2.05) is 0 Å². The second-order valence-corrected chi connectivity index (χ2v) is 2.55. The van der Waals surface area contributed by atoms with Gasteiger partial charge in [0, 0.05) is 0 Å². The zero-order valence-corrected chi connectivity index (χ0v) is 7.61. The molecule has 0 spiro atoms. The molecule has 7 N–H and O–H groups in total. The van der Waals surface area contributed by atoms with Crippen molar-refractivity contribution in [3.63, 3.8) is 0 Å². The van der Waals surface area contributed by atoms with Crippen LogP contribution in [-0.4, -0.2) is 19.1 Å². The molecule has 0 saturated heterocycles. The molecule has 0 bridgehead atoms. The average Bonchev–Trinajstić information content (AvgIpc) is 2.37. The van der Waals surface area contributed by atoms with E-state index in [0.29, 0.717) is 11.5 Å². The minimum absolute atomic E-state index is 0.574. The summed E-state index contributed by atoms with van der Waals surface area (Å²) in [5.74, 6) is 0.574. The van der Waals surface area contributed by atoms with Crippen LogP contribution >= 0.6 is 0 Å². The lowest BCUT2D eigenvalue weighted by molar-refractivity contribution is -0.713. The zero-order chi connectivity index (χ0) is 10.4. The van der Waals surface area contributed by atoms with E-state index in [9.17, 15) is 0 Å². The van der Waals surface area contributed by atoms with Crippen LogP contribution in [0.4, 0.5) is 11.5 Å². The lowest BCUT2D eigenvalue weighted by Crippen LogP contribution is -2.32. The maximum absolute atomic E-state index is 9.01. The quantitative estimate of drug-likeness (QED) is 0.168. The molecular weight excluding hydrogens is 200 g/mol. The standard InChI is InChI=1S/C4H8N4.H2O4S/c1-8-4(6)3(5)2-7-8;1-4-5(2)3/h2H,5H2,1H3,(H2,6,7);1H,(H,2,3)/p+1. The van der Waals surface area contributed by atoms with Gasteiger partial charge in [0.25, 0.3) is 0 Å². The molecule has 1 heterocycles. The smallest absolute Gasteiger partial charge is 0.330 e. The van der Waals surface area contributed by atoms with Gasteiger partial charge in [0.15, 0.2) is 0 Å². The number of hydrogen-bond acceptors (Lipinski definition) is 5. The summed E-state index contributed by atoms with van der Waals surface area (Å²) in [6.07, 6.45) is 1.65. The summed E-state index contributed by atoms with van der Waals surface area (Å²) < 4.78 is 20.8. The summed E-state index contributed by atoms with van der Waals surface area (Å²) in [7, 11) is 1.80. The first-order valence-electron chi connectivity index (χ1n) is 3.00. The normalized spacial score (nSPS) is 11.6. The summed E-state index contributed by atoms with van der Waals surface area (Å²) in [6, 6.07) is 0. The monoisotopic (exact) mass is 211 g/mol. The Morgan fingerprint density at radius 1 is 1.69 bits per heavy atom. The molecule has 8 nitrogen and oxygen atoms in total. The molecule has 0 radical (unpaired) electrons. The molecule has 1 unspecified atom stereocenters. The number of aromatic nitrogens is 2. The highest BCUT2D eigenvalue weighted by Gasteiger charge is 2.03. The molecule has 1 rings (SSSR count). The Kier molecular flexibility index (Phi) is 4.99. The van der Waals surface area contributed by atoms with Crippen LogP contribution in [-0.2, 0) is 22.7 Å². The minimum Gasteiger partial charge on any atom is -0.391 e. The number of aryl methyl sites for hydroxylation is 1. The fraction of sp³-hybridized carbons (Fsp3) is 0.250. The number of rotatable bonds is 1. The summed E-state index contributed by atoms with van der Waals surface area (Å²) >= 11 is -2.52. The summed E-state index contributed by atoms with van der Waals surface area (Å²) in [4.78, 5) is 0. The van der Waals surface area contributed by atoms with Gasteiger partial charge in [-0.3, -0.25) is 10.3 Å². The second kappa shape index (κ2) is 5.48. The van der Waals surface area contributed by atoms with E-state index >= 15 is 0 Å². The van der Waals surface area contributed by atoms with Crippen LogP contribution in [0.15, 0.2) is 6.20 Å². The van der Waals surface area contributed by atoms with Crippen LogP contribution in [0.5, 0.6) is 0 Å². The SMILES string of the molecule is C[n+]1[nH]cc(N)c1N.O=S(O)OO. The Bertz CT molecular complexity index is 268. The van der Waals surface area contributed by atoms with E-state index in [-0.39, 0.29) is 0 Å². The molecule has 0 aliphatic heterocycles. The van der Waals surface area contributed by atoms with Gasteiger partial charge >= 0.3 is 17.2 Å². The van der Waals surface area contributed by atoms with E-state index in [1.54, 1.807) is 17.9 Å². The first kappa shape index (κ1) is 11.8. The number of nitrogens with two attached hydrogens (primary N) is 2. The van der Waals surface area contributed by atoms with Gasteiger partial charge in [0.05, 0.1) is 6.20 Å². The molecule has 9 heteroatoms. The molecule has 0 aromatic carbocycles. The number of nitrogen functional groups attached to an aromatic ring is 2. The molecule has 0 saturated carbocycles. The predicted octanol–water partition coefficient (Wildman–Crippen LogP) is -1.38. The van der Waals surface area contributed by atoms with Crippen LogP contribution in [0.1, 0.15) is 0 Å². The van der Waals surface area contributed by atoms with E-state index in [1.165, 1.54) is 0 Å². The number of hydrogen-bond donors (Lipinski definition) is 5. The highest BCUT2D eigenvalue weighted by Crippen LogP contribution is 2.02. The highest BCUT2D eigenvalue weighted by molar-refractivity contribution is 7.74. The van der Waals surface area contributed by atoms with Crippen molar-refractivity contribution in [1.82, 2.24) is 5.10 Å². The fourth-order valence-electron chi connectivity index (χ4n) is 0.504. The number of H-pyrrole nitrogens is 1. The maximum Gasteiger partial charge on any atom is 0.330 e. The third-order valence-corrected chi connectivity index (χ3v) is 1.26. The Balaban J connectivity index is 0.000000252. The number of nitrogens with one attached hydrogen (secondary N) is 1. The topological polar surface area (TPSA) is 138 Å². The van der Waals surface area contributed by atoms with Crippen LogP contribution in [0, 0.1) is 0 Å². The molecule has 0 amide bonds. The van der Waals surface area contributed by atoms with Gasteiger partial charge in [0.1, 0.15) is 12.7 Å². The van der Waals surface area contributed by atoms with Crippen molar-refractivity contribution in [2.24, 2.45) is 7.05 Å². The van der Waals surface area contributed by atoms with Crippen molar-refractivity contribution in [2.45, 2.75) is 0 Å². The molecule has 13 heavy (non-hydrogen) atoms. The molecule has 0 fully saturated rings. The molecule has 0 aliphatic carbocycles. The van der Waals surface area contributed by atoms with Crippen molar-refractivity contribution >= 4 is 22.9 Å². The highest BCUT2D eigenvalue weighted by atomic mass is 32.2. The second-order valence-electron chi connectivity index (χ2n) is 1.96. The van der Waals surface area contributed by atoms with Crippen LogP contribution < -0.4 is 16.1 Å². The Labute approximate surface area is 76.5 Å². The van der Waals surface area contributed by atoms with Gasteiger partial charge in [-0.15, -0.1) is 4.33 Å². The molecular formula is C4H11N4O4S+. The van der Waals surface area contributed by atoms with Crippen LogP contribution in [0.3, 0.4) is 0 Å². The predicted molar refractivity (Wildman–Crippen MR) is 45.3 cm³/mol. The zero-order valence-electron chi connectivity index (χ0n) is 6.80. The third-order valence-electron chi connectivity index (χ3n) is 1.13. The van der Waals surface area contributed by atoms with Crippen molar-refractivity contribution in [3.8, 4) is 0 Å². The van der Waals surface area contributed by atoms with Crippen molar-refractivity contribution in [1.29, 1.82) is 0 Å². The lowest BCUT2D eigenvalue weighted by atomic mass is 10.5. The third kappa shape index (κ3) is 4.42. The van der Waals surface area contributed by atoms with Gasteiger partial charge in [-0.25, -0.2) is 10.4 Å². The van der Waals surface area contributed by atoms with Gasteiger partial charge in [-0.1, -0.05) is 0 Å². The molecule has 1 aromatic heterocycles. The number of nitrogens with zero attached hydrogens (tertiary/aromatic N) is 1. The van der Waals surface area contributed by atoms with Gasteiger partial charge in [-0.2, -0.15) is 8.89 Å². The van der Waals surface area contributed by atoms with Crippen molar-refractivity contribution in [3.05, 3.63) is 6.20 Å². The van der Waals surface area contributed by atoms with E-state index in [4.69, 9.17) is 25.5 Å². The van der Waals surface area contributed by atoms with Gasteiger partial charge in [-0.05, 0) is 0 Å². The number of aromatic amines is 1. The van der Waals surface area contributed by atoms with Crippen molar-refractivity contribution in [2.75, 3.05) is 11.5 Å². The minimum atomic E-state index is -2.52. The van der Waals surface area contributed by atoms with Gasteiger partial charge in [0.2, 0.25) is 0 Å². The number of anilines is 2. The van der Waals surface area contributed by atoms with Crippen LogP contribution in [0.25, 0.3) is 0 Å². The molecule has 1 aromatic rings. The molecule has 1 atom stereocenters. The molecule has 76 valence electrons. The summed E-state index contributed by atoms with van der Waals surface area (Å²) in [5.41, 5.74) is 11.4. The van der Waals surface area contributed by atoms with Crippen molar-refractivity contribution < 1.29 is 23.0 Å². The first-order valence-corrected chi connectivity index (χ1v) is 4.03. The summed E-state index contributed by atoms with van der Waals surface area (Å²) in [6.45, 7) is 0. The maximum atomic E-state index is 9.01. The van der Waals surface area contributed by atoms with Gasteiger partial charge < -0.3 is 5.73 Å². The fourth-order valence-corrected chi connectivity index (χ4v) is 0.504. The van der Waals surface area contributed by atoms with E-state index in [0.717, 1.165) is 0 Å². The van der Waals surface area contributed by atoms with E-state index < -0.39 is 11.4 Å². The van der Waals surface area contributed by atoms with Crippen LogP contribution in [0.2, 0.25) is 0 Å². The summed E-state index contributed by atoms with van der Waals surface area (Å²) in [5, 5.41) is 9.90. The first-order chi connectivity index (χ1) is 5.99. The molecule has 0 aliphatic rings. The van der Waals surface area contributed by atoms with E-state index in [2.05, 4.69) is 9.43 Å². The Morgan fingerprint density at radius 2 is 2.15 bits per heavy atom.